The molecule has 0 spiro atoms. The molecule has 0 radical (unpaired) electrons. The SMILES string of the molecule is c1ccc(-c2cc(Nc3cccc(-c4ccc5c6ccccc6c6ccccc6c5c4)c3-c3ccccc3)cc(-c3ccccc3)c2)cc1. The molecule has 9 aromatic rings. The molecule has 1 N–H and O–H groups in total. The number of benzene rings is 9. The van der Waals surface area contributed by atoms with Gasteiger partial charge in [0.15, 0.2) is 0 Å². The molecule has 9 aromatic carbocycles. The Morgan fingerprint density at radius 1 is 0.265 bits per heavy atom. The third-order valence-corrected chi connectivity index (χ3v) is 9.61. The van der Waals surface area contributed by atoms with Crippen molar-refractivity contribution in [1.82, 2.24) is 0 Å². The molecule has 0 aliphatic rings. The Kier molecular flexibility index (Phi) is 7.22. The average Bonchev–Trinajstić information content (AvgIpc) is 3.18. The molecule has 230 valence electrons. The average molecular weight is 624 g/mol. The van der Waals surface area contributed by atoms with Crippen molar-refractivity contribution in [3.05, 3.63) is 194 Å². The lowest BCUT2D eigenvalue weighted by atomic mass is 9.89. The van der Waals surface area contributed by atoms with Gasteiger partial charge in [0.25, 0.3) is 0 Å². The van der Waals surface area contributed by atoms with E-state index in [4.69, 9.17) is 0 Å². The molecule has 49 heavy (non-hydrogen) atoms. The smallest absolute Gasteiger partial charge is 0.0470 e. The van der Waals surface area contributed by atoms with Gasteiger partial charge in [-0.05, 0) is 102 Å². The first-order valence-corrected chi connectivity index (χ1v) is 16.9. The van der Waals surface area contributed by atoms with Crippen LogP contribution in [0.2, 0.25) is 0 Å². The van der Waals surface area contributed by atoms with Crippen molar-refractivity contribution in [3.63, 3.8) is 0 Å². The van der Waals surface area contributed by atoms with Crippen molar-refractivity contribution in [2.45, 2.75) is 0 Å². The van der Waals surface area contributed by atoms with E-state index in [1.807, 2.05) is 0 Å². The van der Waals surface area contributed by atoms with Gasteiger partial charge >= 0.3 is 0 Å². The summed E-state index contributed by atoms with van der Waals surface area (Å²) in [4.78, 5) is 0. The Bertz CT molecular complexity index is 2510. The molecular weight excluding hydrogens is 591 g/mol. The highest BCUT2D eigenvalue weighted by Crippen LogP contribution is 2.43. The highest BCUT2D eigenvalue weighted by atomic mass is 14.9. The van der Waals surface area contributed by atoms with Gasteiger partial charge in [-0.15, -0.1) is 0 Å². The summed E-state index contributed by atoms with van der Waals surface area (Å²) in [6.45, 7) is 0. The molecule has 1 nitrogen and oxygen atoms in total. The van der Waals surface area contributed by atoms with Crippen LogP contribution in [0.25, 0.3) is 76.8 Å². The molecule has 0 saturated heterocycles. The van der Waals surface area contributed by atoms with Gasteiger partial charge in [-0.3, -0.25) is 0 Å². The van der Waals surface area contributed by atoms with Crippen LogP contribution in [0.15, 0.2) is 194 Å². The molecule has 0 aliphatic heterocycles. The van der Waals surface area contributed by atoms with Gasteiger partial charge < -0.3 is 5.32 Å². The Labute approximate surface area is 286 Å². The first-order valence-electron chi connectivity index (χ1n) is 16.9. The molecule has 0 heterocycles. The van der Waals surface area contributed by atoms with Gasteiger partial charge in [0, 0.05) is 16.9 Å². The van der Waals surface area contributed by atoms with Crippen LogP contribution < -0.4 is 5.32 Å². The van der Waals surface area contributed by atoms with E-state index >= 15 is 0 Å². The molecule has 0 bridgehead atoms. The summed E-state index contributed by atoms with van der Waals surface area (Å²) in [5.41, 5.74) is 11.6. The van der Waals surface area contributed by atoms with Crippen LogP contribution in [0.4, 0.5) is 11.4 Å². The lowest BCUT2D eigenvalue weighted by Crippen LogP contribution is -1.97. The van der Waals surface area contributed by atoms with Crippen molar-refractivity contribution < 1.29 is 0 Å². The third kappa shape index (κ3) is 5.32. The predicted octanol–water partition coefficient (Wildman–Crippen LogP) is 13.6. The van der Waals surface area contributed by atoms with E-state index in [-0.39, 0.29) is 0 Å². The molecule has 0 saturated carbocycles. The van der Waals surface area contributed by atoms with Gasteiger partial charge in [-0.1, -0.05) is 164 Å². The van der Waals surface area contributed by atoms with Gasteiger partial charge in [-0.2, -0.15) is 0 Å². The zero-order chi connectivity index (χ0) is 32.6. The van der Waals surface area contributed by atoms with E-state index in [0.29, 0.717) is 0 Å². The van der Waals surface area contributed by atoms with Crippen LogP contribution in [0, 0.1) is 0 Å². The van der Waals surface area contributed by atoms with Crippen LogP contribution in [0.5, 0.6) is 0 Å². The summed E-state index contributed by atoms with van der Waals surface area (Å²) in [5, 5.41) is 11.6. The third-order valence-electron chi connectivity index (χ3n) is 9.61. The standard InChI is InChI=1S/C48H33N/c1-4-15-33(16-5-1)37-29-38(34-17-6-2-7-18-34)31-39(30-37)49-47-26-14-25-40(48(47)35-19-8-3-9-20-35)36-27-28-45-43-23-11-10-21-41(43)42-22-12-13-24-44(42)46(45)32-36/h1-32,49H. The van der Waals surface area contributed by atoms with Gasteiger partial charge in [0.1, 0.15) is 0 Å². The second-order valence-corrected chi connectivity index (χ2v) is 12.6. The largest absolute Gasteiger partial charge is 0.355 e. The maximum absolute atomic E-state index is 3.89. The normalized spacial score (nSPS) is 11.3. The summed E-state index contributed by atoms with van der Waals surface area (Å²) in [6.07, 6.45) is 0. The van der Waals surface area contributed by atoms with Crippen LogP contribution >= 0.6 is 0 Å². The van der Waals surface area contributed by atoms with Crippen LogP contribution in [0.1, 0.15) is 0 Å². The number of fused-ring (bicyclic) bond motifs is 6. The lowest BCUT2D eigenvalue weighted by molar-refractivity contribution is 1.51. The minimum absolute atomic E-state index is 1.05. The van der Waals surface area contributed by atoms with Gasteiger partial charge in [-0.25, -0.2) is 0 Å². The van der Waals surface area contributed by atoms with E-state index in [9.17, 15) is 0 Å². The quantitative estimate of drug-likeness (QED) is 0.182. The molecule has 0 fully saturated rings. The molecule has 0 aliphatic carbocycles. The number of nitrogens with one attached hydrogen (secondary N) is 1. The highest BCUT2D eigenvalue weighted by molar-refractivity contribution is 6.25. The van der Waals surface area contributed by atoms with E-state index in [1.165, 1.54) is 76.8 Å². The zero-order valence-corrected chi connectivity index (χ0v) is 27.0. The number of hydrogen-bond donors (Lipinski definition) is 1. The van der Waals surface area contributed by atoms with Gasteiger partial charge in [0.2, 0.25) is 0 Å². The van der Waals surface area contributed by atoms with E-state index in [0.717, 1.165) is 11.4 Å². The minimum Gasteiger partial charge on any atom is -0.355 e. The van der Waals surface area contributed by atoms with E-state index in [1.54, 1.807) is 0 Å². The van der Waals surface area contributed by atoms with Crippen molar-refractivity contribution in [2.24, 2.45) is 0 Å². The number of anilines is 2. The molecule has 0 atom stereocenters. The molecule has 0 aromatic heterocycles. The lowest BCUT2D eigenvalue weighted by Gasteiger charge is -2.19. The zero-order valence-electron chi connectivity index (χ0n) is 27.0. The summed E-state index contributed by atoms with van der Waals surface area (Å²) < 4.78 is 0. The maximum Gasteiger partial charge on any atom is 0.0470 e. The summed E-state index contributed by atoms with van der Waals surface area (Å²) >= 11 is 0. The first-order chi connectivity index (χ1) is 24.3. The van der Waals surface area contributed by atoms with E-state index < -0.39 is 0 Å². The van der Waals surface area contributed by atoms with Gasteiger partial charge in [0.05, 0.1) is 0 Å². The number of rotatable bonds is 6. The minimum atomic E-state index is 1.05. The van der Waals surface area contributed by atoms with Crippen LogP contribution in [0.3, 0.4) is 0 Å². The molecular formula is C48H33N. The Balaban J connectivity index is 1.24. The summed E-state index contributed by atoms with van der Waals surface area (Å²) in [7, 11) is 0. The maximum atomic E-state index is 3.89. The fraction of sp³-hybridized carbons (Fsp3) is 0. The topological polar surface area (TPSA) is 12.0 Å². The summed E-state index contributed by atoms with van der Waals surface area (Å²) in [6, 6.07) is 70.0. The van der Waals surface area contributed by atoms with Crippen LogP contribution in [-0.4, -0.2) is 0 Å². The molecule has 1 heteroatoms. The Morgan fingerprint density at radius 2 is 0.735 bits per heavy atom. The first kappa shape index (κ1) is 28.8. The monoisotopic (exact) mass is 623 g/mol. The second-order valence-electron chi connectivity index (χ2n) is 12.6. The number of hydrogen-bond acceptors (Lipinski definition) is 1. The fourth-order valence-corrected chi connectivity index (χ4v) is 7.34. The molecule has 9 rings (SSSR count). The van der Waals surface area contributed by atoms with Crippen molar-refractivity contribution in [3.8, 4) is 44.5 Å². The summed E-state index contributed by atoms with van der Waals surface area (Å²) in [5.74, 6) is 0. The molecule has 0 unspecified atom stereocenters. The van der Waals surface area contributed by atoms with Crippen molar-refractivity contribution in [2.75, 3.05) is 5.32 Å². The Morgan fingerprint density at radius 3 is 1.29 bits per heavy atom. The van der Waals surface area contributed by atoms with Crippen molar-refractivity contribution in [1.29, 1.82) is 0 Å². The van der Waals surface area contributed by atoms with E-state index in [2.05, 4.69) is 199 Å². The predicted molar refractivity (Wildman–Crippen MR) is 210 cm³/mol. The second kappa shape index (κ2) is 12.3. The van der Waals surface area contributed by atoms with Crippen molar-refractivity contribution >= 4 is 43.7 Å². The van der Waals surface area contributed by atoms with Crippen LogP contribution in [-0.2, 0) is 0 Å². The highest BCUT2D eigenvalue weighted by Gasteiger charge is 2.16. The molecule has 0 amide bonds. The Hall–Kier alpha value is -6.44. The fourth-order valence-electron chi connectivity index (χ4n) is 7.34.